The summed E-state index contributed by atoms with van der Waals surface area (Å²) in [6.45, 7) is 5.60. The fourth-order valence-corrected chi connectivity index (χ4v) is 3.05. The van der Waals surface area contributed by atoms with Gasteiger partial charge in [0.2, 0.25) is 0 Å². The summed E-state index contributed by atoms with van der Waals surface area (Å²) in [6.07, 6.45) is 12.0. The zero-order chi connectivity index (χ0) is 14.9. The van der Waals surface area contributed by atoms with Gasteiger partial charge < -0.3 is 4.57 Å². The van der Waals surface area contributed by atoms with E-state index in [0.29, 0.717) is 0 Å². The Labute approximate surface area is 129 Å². The first-order valence-corrected chi connectivity index (χ1v) is 8.81. The van der Waals surface area contributed by atoms with Gasteiger partial charge in [-0.25, -0.2) is 4.98 Å². The lowest BCUT2D eigenvalue weighted by Crippen LogP contribution is -2.03. The molecule has 2 rings (SSSR count). The minimum Gasteiger partial charge on any atom is -0.328 e. The summed E-state index contributed by atoms with van der Waals surface area (Å²) in [7, 11) is 0. The third kappa shape index (κ3) is 4.59. The largest absolute Gasteiger partial charge is 0.328 e. The van der Waals surface area contributed by atoms with Crippen LogP contribution in [0.15, 0.2) is 24.3 Å². The van der Waals surface area contributed by atoms with E-state index in [1.807, 2.05) is 0 Å². The number of nitrogens with zero attached hydrogens (tertiary/aromatic N) is 2. The number of fused-ring (bicyclic) bond motifs is 1. The molecule has 0 atom stereocenters. The highest BCUT2D eigenvalue weighted by molar-refractivity contribution is 5.75. The molecule has 0 aliphatic rings. The van der Waals surface area contributed by atoms with E-state index in [-0.39, 0.29) is 0 Å². The Bertz CT molecular complexity index is 527. The molecule has 1 heterocycles. The van der Waals surface area contributed by atoms with Crippen LogP contribution < -0.4 is 0 Å². The fraction of sp³-hybridized carbons (Fsp3) is 0.632. The van der Waals surface area contributed by atoms with Gasteiger partial charge in [-0.2, -0.15) is 0 Å². The second-order valence-electron chi connectivity index (χ2n) is 6.00. The van der Waals surface area contributed by atoms with Gasteiger partial charge in [-0.1, -0.05) is 70.9 Å². The van der Waals surface area contributed by atoms with Gasteiger partial charge in [0, 0.05) is 13.0 Å². The standard InChI is InChI=1S/C19H30N2/c1-3-5-6-7-8-9-10-13-16-21-18-15-12-11-14-17(18)20-19(21)4-2/h11-12,14-15H,3-10,13,16H2,1-2H3. The molecule has 0 spiro atoms. The molecule has 0 saturated carbocycles. The number of rotatable bonds is 10. The van der Waals surface area contributed by atoms with E-state index in [9.17, 15) is 0 Å². The van der Waals surface area contributed by atoms with Crippen molar-refractivity contribution in [3.8, 4) is 0 Å². The van der Waals surface area contributed by atoms with Gasteiger partial charge in [0.05, 0.1) is 11.0 Å². The van der Waals surface area contributed by atoms with Crippen LogP contribution in [0.2, 0.25) is 0 Å². The molecule has 1 aromatic heterocycles. The highest BCUT2D eigenvalue weighted by Gasteiger charge is 2.07. The zero-order valence-electron chi connectivity index (χ0n) is 13.8. The van der Waals surface area contributed by atoms with Crippen molar-refractivity contribution in [3.05, 3.63) is 30.1 Å². The van der Waals surface area contributed by atoms with Gasteiger partial charge >= 0.3 is 0 Å². The van der Waals surface area contributed by atoms with E-state index in [1.54, 1.807) is 0 Å². The number of aryl methyl sites for hydroxylation is 2. The molecular formula is C19H30N2. The van der Waals surface area contributed by atoms with E-state index in [1.165, 1.54) is 62.7 Å². The Morgan fingerprint density at radius 1 is 0.857 bits per heavy atom. The summed E-state index contributed by atoms with van der Waals surface area (Å²) in [5, 5.41) is 0. The predicted molar refractivity (Wildman–Crippen MR) is 91.7 cm³/mol. The maximum Gasteiger partial charge on any atom is 0.109 e. The van der Waals surface area contributed by atoms with Crippen LogP contribution in [0.3, 0.4) is 0 Å². The summed E-state index contributed by atoms with van der Waals surface area (Å²) >= 11 is 0. The normalized spacial score (nSPS) is 11.3. The summed E-state index contributed by atoms with van der Waals surface area (Å²) in [5.74, 6) is 1.24. The maximum absolute atomic E-state index is 4.74. The van der Waals surface area contributed by atoms with E-state index in [0.717, 1.165) is 18.5 Å². The summed E-state index contributed by atoms with van der Waals surface area (Å²) in [5.41, 5.74) is 2.45. The first-order valence-electron chi connectivity index (χ1n) is 8.81. The van der Waals surface area contributed by atoms with Gasteiger partial charge in [0.1, 0.15) is 5.82 Å². The zero-order valence-corrected chi connectivity index (χ0v) is 13.8. The van der Waals surface area contributed by atoms with Gasteiger partial charge in [0.25, 0.3) is 0 Å². The maximum atomic E-state index is 4.74. The number of para-hydroxylation sites is 2. The molecule has 0 bridgehead atoms. The van der Waals surface area contributed by atoms with Crippen molar-refractivity contribution in [1.29, 1.82) is 0 Å². The molecule has 1 aromatic carbocycles. The molecule has 2 heteroatoms. The Morgan fingerprint density at radius 2 is 1.52 bits per heavy atom. The molecule has 0 aliphatic carbocycles. The van der Waals surface area contributed by atoms with Gasteiger partial charge in [-0.15, -0.1) is 0 Å². The van der Waals surface area contributed by atoms with Crippen LogP contribution in [0.1, 0.15) is 71.0 Å². The molecule has 0 N–H and O–H groups in total. The molecule has 0 fully saturated rings. The average Bonchev–Trinajstić information content (AvgIpc) is 2.88. The molecule has 0 saturated heterocycles. The first-order chi connectivity index (χ1) is 10.4. The predicted octanol–water partition coefficient (Wildman–Crippen LogP) is 5.74. The quantitative estimate of drug-likeness (QED) is 0.509. The van der Waals surface area contributed by atoms with Crippen molar-refractivity contribution >= 4 is 11.0 Å². The average molecular weight is 286 g/mol. The third-order valence-corrected chi connectivity index (χ3v) is 4.29. The van der Waals surface area contributed by atoms with Crippen LogP contribution >= 0.6 is 0 Å². The van der Waals surface area contributed by atoms with Crippen molar-refractivity contribution < 1.29 is 0 Å². The molecule has 21 heavy (non-hydrogen) atoms. The van der Waals surface area contributed by atoms with Gasteiger partial charge in [-0.05, 0) is 18.6 Å². The van der Waals surface area contributed by atoms with Crippen molar-refractivity contribution in [2.24, 2.45) is 0 Å². The Hall–Kier alpha value is -1.31. The van der Waals surface area contributed by atoms with Crippen molar-refractivity contribution in [1.82, 2.24) is 9.55 Å². The SMILES string of the molecule is CCCCCCCCCCn1c(CC)nc2ccccc21. The van der Waals surface area contributed by atoms with Gasteiger partial charge in [0.15, 0.2) is 0 Å². The monoisotopic (exact) mass is 286 g/mol. The second kappa shape index (κ2) is 8.86. The topological polar surface area (TPSA) is 17.8 Å². The van der Waals surface area contributed by atoms with Crippen molar-refractivity contribution in [2.75, 3.05) is 0 Å². The number of unbranched alkanes of at least 4 members (excludes halogenated alkanes) is 7. The number of aromatic nitrogens is 2. The number of hydrogen-bond donors (Lipinski definition) is 0. The minimum absolute atomic E-state index is 1.02. The summed E-state index contributed by atoms with van der Waals surface area (Å²) in [6, 6.07) is 8.52. The number of imidazole rings is 1. The van der Waals surface area contributed by atoms with Crippen LogP contribution in [0, 0.1) is 0 Å². The Balaban J connectivity index is 1.78. The molecule has 0 radical (unpaired) electrons. The Kier molecular flexibility index (Phi) is 6.78. The lowest BCUT2D eigenvalue weighted by molar-refractivity contribution is 0.541. The molecule has 0 aliphatic heterocycles. The fourth-order valence-electron chi connectivity index (χ4n) is 3.05. The lowest BCUT2D eigenvalue weighted by atomic mass is 10.1. The highest BCUT2D eigenvalue weighted by Crippen LogP contribution is 2.18. The number of benzene rings is 1. The van der Waals surface area contributed by atoms with Gasteiger partial charge in [-0.3, -0.25) is 0 Å². The molecule has 0 unspecified atom stereocenters. The summed E-state index contributed by atoms with van der Waals surface area (Å²) in [4.78, 5) is 4.74. The third-order valence-electron chi connectivity index (χ3n) is 4.29. The minimum atomic E-state index is 1.02. The van der Waals surface area contributed by atoms with E-state index in [4.69, 9.17) is 4.98 Å². The summed E-state index contributed by atoms with van der Waals surface area (Å²) < 4.78 is 2.42. The molecule has 116 valence electrons. The molecular weight excluding hydrogens is 256 g/mol. The Morgan fingerprint density at radius 3 is 2.24 bits per heavy atom. The molecule has 2 nitrogen and oxygen atoms in total. The van der Waals surface area contributed by atoms with Crippen LogP contribution in [0.4, 0.5) is 0 Å². The lowest BCUT2D eigenvalue weighted by Gasteiger charge is -2.08. The smallest absolute Gasteiger partial charge is 0.109 e. The van der Waals surface area contributed by atoms with Crippen molar-refractivity contribution in [2.45, 2.75) is 78.2 Å². The van der Waals surface area contributed by atoms with Crippen LogP contribution in [0.25, 0.3) is 11.0 Å². The van der Waals surface area contributed by atoms with Crippen molar-refractivity contribution in [3.63, 3.8) is 0 Å². The number of hydrogen-bond acceptors (Lipinski definition) is 1. The van der Waals surface area contributed by atoms with E-state index >= 15 is 0 Å². The van der Waals surface area contributed by atoms with Crippen LogP contribution in [-0.4, -0.2) is 9.55 Å². The van der Waals surface area contributed by atoms with Crippen LogP contribution in [0.5, 0.6) is 0 Å². The van der Waals surface area contributed by atoms with E-state index < -0.39 is 0 Å². The first kappa shape index (κ1) is 16.1. The van der Waals surface area contributed by atoms with Crippen LogP contribution in [-0.2, 0) is 13.0 Å². The second-order valence-corrected chi connectivity index (χ2v) is 6.00. The highest BCUT2D eigenvalue weighted by atomic mass is 15.1. The molecule has 0 amide bonds. The van der Waals surface area contributed by atoms with E-state index in [2.05, 4.69) is 42.7 Å². The molecule has 2 aromatic rings.